The fourth-order valence-electron chi connectivity index (χ4n) is 4.23. The van der Waals surface area contributed by atoms with E-state index < -0.39 is 9.84 Å². The highest BCUT2D eigenvalue weighted by Gasteiger charge is 2.25. The Balaban J connectivity index is 1.50. The van der Waals surface area contributed by atoms with Gasteiger partial charge in [0, 0.05) is 17.5 Å². The number of aliphatic hydroxyl groups excluding tert-OH is 1. The molecule has 3 aromatic rings. The van der Waals surface area contributed by atoms with Gasteiger partial charge in [-0.25, -0.2) is 13.4 Å². The van der Waals surface area contributed by atoms with Crippen molar-refractivity contribution in [3.63, 3.8) is 0 Å². The van der Waals surface area contributed by atoms with E-state index in [1.807, 2.05) is 60.7 Å². The zero-order valence-electron chi connectivity index (χ0n) is 18.4. The average Bonchev–Trinajstić information content (AvgIpc) is 2.83. The predicted octanol–water partition coefficient (Wildman–Crippen LogP) is 3.92. The first-order chi connectivity index (χ1) is 15.9. The maximum Gasteiger partial charge on any atom is 0.150 e. The molecule has 172 valence electrons. The van der Waals surface area contributed by atoms with Gasteiger partial charge in [-0.3, -0.25) is 0 Å². The van der Waals surface area contributed by atoms with Crippen LogP contribution in [-0.4, -0.2) is 36.6 Å². The molecule has 0 saturated carbocycles. The Kier molecular flexibility index (Phi) is 6.81. The Morgan fingerprint density at radius 2 is 1.79 bits per heavy atom. The minimum atomic E-state index is -2.91. The van der Waals surface area contributed by atoms with Crippen molar-refractivity contribution < 1.29 is 13.5 Å². The molecule has 6 nitrogen and oxygen atoms in total. The lowest BCUT2D eigenvalue weighted by Gasteiger charge is -2.23. The SMILES string of the molecule is C=C(N[C@H](CO)c1ccccc1)c1ccc(-c2cc(C3CCS(=O)(=O)CC3)cnc2N)cc1. The Hall–Kier alpha value is -3.16. The van der Waals surface area contributed by atoms with Crippen LogP contribution in [0.15, 0.2) is 73.4 Å². The third kappa shape index (κ3) is 5.43. The number of nitrogen functional groups attached to an aromatic ring is 1. The summed E-state index contributed by atoms with van der Waals surface area (Å²) in [5.41, 5.74) is 11.6. The lowest BCUT2D eigenvalue weighted by Crippen LogP contribution is -2.22. The minimum Gasteiger partial charge on any atom is -0.394 e. The summed E-state index contributed by atoms with van der Waals surface area (Å²) in [6.07, 6.45) is 3.00. The molecule has 0 radical (unpaired) electrons. The van der Waals surface area contributed by atoms with Crippen molar-refractivity contribution in [3.05, 3.63) is 90.1 Å². The second kappa shape index (κ2) is 9.77. The van der Waals surface area contributed by atoms with Crippen LogP contribution in [0, 0.1) is 0 Å². The summed E-state index contributed by atoms with van der Waals surface area (Å²) >= 11 is 0. The zero-order valence-corrected chi connectivity index (χ0v) is 19.3. The summed E-state index contributed by atoms with van der Waals surface area (Å²) in [7, 11) is -2.91. The highest BCUT2D eigenvalue weighted by atomic mass is 32.2. The number of anilines is 1. The molecule has 4 N–H and O–H groups in total. The number of nitrogens with zero attached hydrogens (tertiary/aromatic N) is 1. The maximum absolute atomic E-state index is 11.8. The van der Waals surface area contributed by atoms with Crippen LogP contribution in [0.1, 0.15) is 41.5 Å². The zero-order chi connectivity index (χ0) is 23.4. The van der Waals surface area contributed by atoms with Crippen molar-refractivity contribution in [1.82, 2.24) is 10.3 Å². The lowest BCUT2D eigenvalue weighted by molar-refractivity contribution is 0.256. The molecule has 4 rings (SSSR count). The van der Waals surface area contributed by atoms with Crippen LogP contribution in [0.5, 0.6) is 0 Å². The highest BCUT2D eigenvalue weighted by molar-refractivity contribution is 7.91. The molecular weight excluding hydrogens is 434 g/mol. The van der Waals surface area contributed by atoms with Crippen LogP contribution in [0.3, 0.4) is 0 Å². The van der Waals surface area contributed by atoms with Gasteiger partial charge in [0.25, 0.3) is 0 Å². The Morgan fingerprint density at radius 1 is 1.12 bits per heavy atom. The van der Waals surface area contributed by atoms with E-state index in [1.165, 1.54) is 0 Å². The van der Waals surface area contributed by atoms with Gasteiger partial charge >= 0.3 is 0 Å². The molecule has 2 aromatic carbocycles. The van der Waals surface area contributed by atoms with Crippen molar-refractivity contribution in [2.24, 2.45) is 0 Å². The molecule has 2 heterocycles. The summed E-state index contributed by atoms with van der Waals surface area (Å²) < 4.78 is 23.5. The molecule has 0 bridgehead atoms. The number of sulfone groups is 1. The van der Waals surface area contributed by atoms with Gasteiger partial charge in [0.2, 0.25) is 0 Å². The van der Waals surface area contributed by atoms with Crippen molar-refractivity contribution >= 4 is 21.4 Å². The van der Waals surface area contributed by atoms with Crippen molar-refractivity contribution in [1.29, 1.82) is 0 Å². The number of pyridine rings is 1. The molecule has 1 saturated heterocycles. The van der Waals surface area contributed by atoms with E-state index in [2.05, 4.69) is 16.9 Å². The number of nitrogens with one attached hydrogen (secondary N) is 1. The predicted molar refractivity (Wildman–Crippen MR) is 133 cm³/mol. The number of benzene rings is 2. The Bertz CT molecular complexity index is 1210. The van der Waals surface area contributed by atoms with Gasteiger partial charge in [0.15, 0.2) is 0 Å². The van der Waals surface area contributed by atoms with E-state index in [-0.39, 0.29) is 30.1 Å². The third-order valence-electron chi connectivity index (χ3n) is 6.24. The largest absolute Gasteiger partial charge is 0.394 e. The van der Waals surface area contributed by atoms with Crippen LogP contribution in [0.2, 0.25) is 0 Å². The van der Waals surface area contributed by atoms with Crippen molar-refractivity contribution in [2.45, 2.75) is 24.8 Å². The van der Waals surface area contributed by atoms with Crippen LogP contribution in [0.4, 0.5) is 5.82 Å². The summed E-state index contributed by atoms with van der Waals surface area (Å²) in [4.78, 5) is 4.38. The van der Waals surface area contributed by atoms with E-state index >= 15 is 0 Å². The number of nitrogens with two attached hydrogens (primary N) is 1. The van der Waals surface area contributed by atoms with Gasteiger partial charge in [-0.05, 0) is 47.1 Å². The maximum atomic E-state index is 11.8. The molecule has 0 unspecified atom stereocenters. The molecule has 1 atom stereocenters. The van der Waals surface area contributed by atoms with Gasteiger partial charge in [-0.1, -0.05) is 61.2 Å². The van der Waals surface area contributed by atoms with E-state index in [4.69, 9.17) is 5.73 Å². The summed E-state index contributed by atoms with van der Waals surface area (Å²) in [5.74, 6) is 1.06. The molecule has 0 spiro atoms. The topological polar surface area (TPSA) is 105 Å². The fraction of sp³-hybridized carbons (Fsp3) is 0.269. The summed E-state index contributed by atoms with van der Waals surface area (Å²) in [6, 6.07) is 19.4. The van der Waals surface area contributed by atoms with Gasteiger partial charge < -0.3 is 16.2 Å². The Labute approximate surface area is 195 Å². The standard InChI is InChI=1S/C26H29N3O3S/c1-18(29-25(17-30)22-5-3-2-4-6-22)19-7-9-21(10-8-19)24-15-23(16-28-26(24)27)20-11-13-33(31,32)14-12-20/h2-10,15-16,20,25,29-30H,1,11-14,17H2,(H2,27,28)/t25-/m1/s1. The number of aromatic nitrogens is 1. The summed E-state index contributed by atoms with van der Waals surface area (Å²) in [6.45, 7) is 4.09. The molecule has 33 heavy (non-hydrogen) atoms. The van der Waals surface area contributed by atoms with Crippen LogP contribution in [0.25, 0.3) is 16.8 Å². The molecule has 0 amide bonds. The number of rotatable bonds is 7. The molecule has 1 aliphatic heterocycles. The quantitative estimate of drug-likeness (QED) is 0.491. The second-order valence-corrected chi connectivity index (χ2v) is 10.8. The van der Waals surface area contributed by atoms with Crippen molar-refractivity contribution in [2.75, 3.05) is 23.8 Å². The normalized spacial score (nSPS) is 16.8. The van der Waals surface area contributed by atoms with Crippen LogP contribution < -0.4 is 11.1 Å². The second-order valence-electron chi connectivity index (χ2n) is 8.47. The fourth-order valence-corrected chi connectivity index (χ4v) is 5.73. The number of hydrogen-bond donors (Lipinski definition) is 3. The average molecular weight is 464 g/mol. The van der Waals surface area contributed by atoms with Gasteiger partial charge in [-0.2, -0.15) is 0 Å². The van der Waals surface area contributed by atoms with Crippen LogP contribution in [-0.2, 0) is 9.84 Å². The molecule has 1 fully saturated rings. The lowest BCUT2D eigenvalue weighted by atomic mass is 9.92. The number of aliphatic hydroxyl groups is 1. The first kappa shape index (κ1) is 23.0. The minimum absolute atomic E-state index is 0.0431. The van der Waals surface area contributed by atoms with Gasteiger partial charge in [0.05, 0.1) is 24.2 Å². The molecule has 1 aromatic heterocycles. The van der Waals surface area contributed by atoms with Crippen LogP contribution >= 0.6 is 0 Å². The highest BCUT2D eigenvalue weighted by Crippen LogP contribution is 2.33. The summed E-state index contributed by atoms with van der Waals surface area (Å²) in [5, 5.41) is 13.1. The smallest absolute Gasteiger partial charge is 0.150 e. The molecular formula is C26H29N3O3S. The van der Waals surface area contributed by atoms with Crippen molar-refractivity contribution in [3.8, 4) is 11.1 Å². The number of hydrogen-bond acceptors (Lipinski definition) is 6. The molecule has 0 aliphatic carbocycles. The molecule has 1 aliphatic rings. The van der Waals surface area contributed by atoms with Gasteiger partial charge in [-0.15, -0.1) is 0 Å². The first-order valence-electron chi connectivity index (χ1n) is 11.0. The van der Waals surface area contributed by atoms with Gasteiger partial charge in [0.1, 0.15) is 15.7 Å². The Morgan fingerprint density at radius 3 is 2.42 bits per heavy atom. The monoisotopic (exact) mass is 463 g/mol. The van der Waals surface area contributed by atoms with E-state index in [9.17, 15) is 13.5 Å². The van der Waals surface area contributed by atoms with E-state index in [0.29, 0.717) is 24.4 Å². The first-order valence-corrected chi connectivity index (χ1v) is 12.9. The third-order valence-corrected chi connectivity index (χ3v) is 7.96. The van der Waals surface area contributed by atoms with E-state index in [1.54, 1.807) is 6.20 Å². The van der Waals surface area contributed by atoms with E-state index in [0.717, 1.165) is 27.8 Å². The molecule has 7 heteroatoms.